The molecule has 4 nitrogen and oxygen atoms in total. The molecule has 0 unspecified atom stereocenters. The van der Waals surface area contributed by atoms with Crippen LogP contribution in [0.1, 0.15) is 43.4 Å². The van der Waals surface area contributed by atoms with Gasteiger partial charge >= 0.3 is 0 Å². The van der Waals surface area contributed by atoms with E-state index in [1.54, 1.807) is 6.07 Å². The number of aryl methyl sites for hydroxylation is 1. The van der Waals surface area contributed by atoms with Gasteiger partial charge in [-0.1, -0.05) is 55.8 Å². The molecule has 2 rings (SSSR count). The van der Waals surface area contributed by atoms with E-state index in [4.69, 9.17) is 11.6 Å². The minimum absolute atomic E-state index is 0.151. The van der Waals surface area contributed by atoms with Crippen LogP contribution >= 0.6 is 11.6 Å². The van der Waals surface area contributed by atoms with Crippen LogP contribution in [0.5, 0.6) is 0 Å². The Morgan fingerprint density at radius 1 is 1.14 bits per heavy atom. The van der Waals surface area contributed by atoms with Crippen molar-refractivity contribution in [2.45, 2.75) is 52.6 Å². The molecule has 1 N–H and O–H groups in total. The van der Waals surface area contributed by atoms with Gasteiger partial charge in [0.1, 0.15) is 11.9 Å². The first-order valence-corrected chi connectivity index (χ1v) is 10.3. The second-order valence-corrected chi connectivity index (χ2v) is 7.45. The van der Waals surface area contributed by atoms with Crippen molar-refractivity contribution in [2.24, 2.45) is 0 Å². The zero-order valence-corrected chi connectivity index (χ0v) is 17.9. The van der Waals surface area contributed by atoms with Crippen molar-refractivity contribution >= 4 is 23.4 Å². The lowest BCUT2D eigenvalue weighted by Crippen LogP contribution is -2.49. The Morgan fingerprint density at radius 2 is 1.86 bits per heavy atom. The topological polar surface area (TPSA) is 49.4 Å². The molecule has 0 radical (unpaired) electrons. The highest BCUT2D eigenvalue weighted by Gasteiger charge is 2.29. The normalized spacial score (nSPS) is 11.8. The van der Waals surface area contributed by atoms with E-state index >= 15 is 0 Å². The van der Waals surface area contributed by atoms with E-state index in [2.05, 4.69) is 5.32 Å². The van der Waals surface area contributed by atoms with Gasteiger partial charge in [-0.15, -0.1) is 0 Å². The van der Waals surface area contributed by atoms with E-state index in [-0.39, 0.29) is 35.4 Å². The highest BCUT2D eigenvalue weighted by Crippen LogP contribution is 2.22. The first-order valence-electron chi connectivity index (χ1n) is 9.93. The van der Waals surface area contributed by atoms with Crippen molar-refractivity contribution in [2.75, 3.05) is 6.54 Å². The third kappa shape index (κ3) is 6.04. The number of hydrogen-bond acceptors (Lipinski definition) is 2. The average Bonchev–Trinajstić information content (AvgIpc) is 2.70. The van der Waals surface area contributed by atoms with Crippen LogP contribution in [0.3, 0.4) is 0 Å². The Bertz CT molecular complexity index is 836. The highest BCUT2D eigenvalue weighted by molar-refractivity contribution is 6.31. The van der Waals surface area contributed by atoms with Crippen LogP contribution in [0, 0.1) is 12.7 Å². The summed E-state index contributed by atoms with van der Waals surface area (Å²) in [6.45, 7) is 6.61. The molecule has 0 saturated carbocycles. The predicted octanol–water partition coefficient (Wildman–Crippen LogP) is 4.66. The molecule has 0 bridgehead atoms. The van der Waals surface area contributed by atoms with E-state index in [9.17, 15) is 14.0 Å². The maximum absolute atomic E-state index is 14.2. The summed E-state index contributed by atoms with van der Waals surface area (Å²) in [4.78, 5) is 27.5. The van der Waals surface area contributed by atoms with Crippen LogP contribution in [0.25, 0.3) is 0 Å². The first-order chi connectivity index (χ1) is 13.9. The summed E-state index contributed by atoms with van der Waals surface area (Å²) in [6, 6.07) is 11.4. The van der Waals surface area contributed by atoms with Crippen molar-refractivity contribution in [1.29, 1.82) is 0 Å². The molecular weight excluding hydrogens is 391 g/mol. The third-order valence-electron chi connectivity index (χ3n) is 4.93. The molecule has 0 aliphatic rings. The van der Waals surface area contributed by atoms with Gasteiger partial charge in [-0.05, 0) is 43.0 Å². The van der Waals surface area contributed by atoms with E-state index in [1.165, 1.54) is 17.0 Å². The molecule has 1 atom stereocenters. The smallest absolute Gasteiger partial charge is 0.242 e. The zero-order chi connectivity index (χ0) is 21.4. The average molecular weight is 419 g/mol. The summed E-state index contributed by atoms with van der Waals surface area (Å²) in [6.07, 6.45) is 1.06. The predicted molar refractivity (Wildman–Crippen MR) is 114 cm³/mol. The molecule has 0 aromatic heterocycles. The fourth-order valence-corrected chi connectivity index (χ4v) is 3.44. The van der Waals surface area contributed by atoms with Crippen LogP contribution in [0.2, 0.25) is 5.02 Å². The molecule has 2 aromatic carbocycles. The Labute approximate surface area is 177 Å². The Morgan fingerprint density at radius 3 is 2.48 bits per heavy atom. The van der Waals surface area contributed by atoms with Gasteiger partial charge in [0.15, 0.2) is 0 Å². The summed E-state index contributed by atoms with van der Waals surface area (Å²) < 4.78 is 14.2. The lowest BCUT2D eigenvalue weighted by Gasteiger charge is -2.31. The van der Waals surface area contributed by atoms with Gasteiger partial charge in [0, 0.05) is 23.7 Å². The lowest BCUT2D eigenvalue weighted by molar-refractivity contribution is -0.141. The Balaban J connectivity index is 2.35. The van der Waals surface area contributed by atoms with E-state index < -0.39 is 11.9 Å². The third-order valence-corrected chi connectivity index (χ3v) is 5.28. The molecule has 156 valence electrons. The molecule has 0 heterocycles. The first kappa shape index (κ1) is 22.9. The molecule has 6 heteroatoms. The van der Waals surface area contributed by atoms with E-state index in [1.807, 2.05) is 45.0 Å². The van der Waals surface area contributed by atoms with Gasteiger partial charge in [0.05, 0.1) is 6.42 Å². The maximum atomic E-state index is 14.2. The number of amides is 2. The lowest BCUT2D eigenvalue weighted by atomic mass is 10.0. The number of halogens is 2. The van der Waals surface area contributed by atoms with Gasteiger partial charge in [-0.3, -0.25) is 9.59 Å². The highest BCUT2D eigenvalue weighted by atomic mass is 35.5. The number of nitrogens with one attached hydrogen (secondary N) is 1. The quantitative estimate of drug-likeness (QED) is 0.643. The summed E-state index contributed by atoms with van der Waals surface area (Å²) >= 11 is 6.12. The summed E-state index contributed by atoms with van der Waals surface area (Å²) in [5.74, 6) is -1.06. The molecule has 0 spiro atoms. The number of carbonyl (C=O) groups excluding carboxylic acids is 2. The minimum atomic E-state index is -0.640. The number of benzene rings is 2. The van der Waals surface area contributed by atoms with Crippen LogP contribution in [0.15, 0.2) is 42.5 Å². The van der Waals surface area contributed by atoms with Crippen molar-refractivity contribution in [3.63, 3.8) is 0 Å². The van der Waals surface area contributed by atoms with Gasteiger partial charge < -0.3 is 10.2 Å². The molecule has 2 aromatic rings. The summed E-state index contributed by atoms with van der Waals surface area (Å²) in [5, 5.41) is 3.08. The monoisotopic (exact) mass is 418 g/mol. The fraction of sp³-hybridized carbons (Fsp3) is 0.391. The number of nitrogens with zero attached hydrogens (tertiary/aromatic N) is 1. The summed E-state index contributed by atoms with van der Waals surface area (Å²) in [5.41, 5.74) is 2.12. The Kier molecular flexibility index (Phi) is 8.65. The van der Waals surface area contributed by atoms with E-state index in [0.717, 1.165) is 17.5 Å². The maximum Gasteiger partial charge on any atom is 0.242 e. The number of rotatable bonds is 9. The standard InChI is InChI=1S/C23H28ClFN2O2/c1-4-13-26-23(29)21(5-2)27(15-17-10-7-6-9-16(17)3)22(28)14-18-19(24)11-8-12-20(18)25/h6-12,21H,4-5,13-15H2,1-3H3,(H,26,29)/t21-/m0/s1. The van der Waals surface area contributed by atoms with Crippen molar-refractivity contribution < 1.29 is 14.0 Å². The van der Waals surface area contributed by atoms with E-state index in [0.29, 0.717) is 13.0 Å². The zero-order valence-electron chi connectivity index (χ0n) is 17.2. The largest absolute Gasteiger partial charge is 0.354 e. The number of carbonyl (C=O) groups is 2. The van der Waals surface area contributed by atoms with Gasteiger partial charge in [-0.25, -0.2) is 4.39 Å². The molecule has 0 saturated heterocycles. The van der Waals surface area contributed by atoms with Crippen LogP contribution in [-0.4, -0.2) is 29.3 Å². The second-order valence-electron chi connectivity index (χ2n) is 7.04. The van der Waals surface area contributed by atoms with Crippen LogP contribution < -0.4 is 5.32 Å². The van der Waals surface area contributed by atoms with Crippen LogP contribution in [-0.2, 0) is 22.6 Å². The van der Waals surface area contributed by atoms with Crippen molar-refractivity contribution in [1.82, 2.24) is 10.2 Å². The fourth-order valence-electron chi connectivity index (χ4n) is 3.21. The van der Waals surface area contributed by atoms with Crippen molar-refractivity contribution in [3.05, 3.63) is 70.0 Å². The molecule has 0 aliphatic heterocycles. The molecule has 29 heavy (non-hydrogen) atoms. The van der Waals surface area contributed by atoms with Gasteiger partial charge in [0.25, 0.3) is 0 Å². The second kappa shape index (κ2) is 11.0. The molecular formula is C23H28ClFN2O2. The van der Waals surface area contributed by atoms with Gasteiger partial charge in [0.2, 0.25) is 11.8 Å². The number of hydrogen-bond donors (Lipinski definition) is 1. The molecule has 0 fully saturated rings. The Hall–Kier alpha value is -2.40. The van der Waals surface area contributed by atoms with Gasteiger partial charge in [-0.2, -0.15) is 0 Å². The minimum Gasteiger partial charge on any atom is -0.354 e. The van der Waals surface area contributed by atoms with Crippen LogP contribution in [0.4, 0.5) is 4.39 Å². The summed E-state index contributed by atoms with van der Waals surface area (Å²) in [7, 11) is 0. The van der Waals surface area contributed by atoms with Crippen molar-refractivity contribution in [3.8, 4) is 0 Å². The SMILES string of the molecule is CCCNC(=O)[C@H](CC)N(Cc1ccccc1C)C(=O)Cc1c(F)cccc1Cl. The molecule has 2 amide bonds. The molecule has 0 aliphatic carbocycles.